The number of nitrogens with one attached hydrogen (secondary N) is 1. The minimum Gasteiger partial charge on any atom is -0.496 e. The number of aromatic nitrogens is 3. The van der Waals surface area contributed by atoms with Crippen molar-refractivity contribution in [1.29, 1.82) is 0 Å². The third kappa shape index (κ3) is 7.09. The smallest absolute Gasteiger partial charge is 0.295 e. The molecule has 0 saturated carbocycles. The number of pyridine rings is 1. The summed E-state index contributed by atoms with van der Waals surface area (Å²) in [6.07, 6.45) is 6.45. The number of hydrogen-bond acceptors (Lipinski definition) is 8. The summed E-state index contributed by atoms with van der Waals surface area (Å²) in [5, 5.41) is 15.2. The van der Waals surface area contributed by atoms with Crippen molar-refractivity contribution in [2.24, 2.45) is 0 Å². The Kier molecular flexibility index (Phi) is 9.57. The quantitative estimate of drug-likeness (QED) is 0.0768. The number of ether oxygens (including phenoxy) is 1. The van der Waals surface area contributed by atoms with Crippen LogP contribution in [0.25, 0.3) is 11.1 Å². The van der Waals surface area contributed by atoms with E-state index >= 15 is 4.39 Å². The van der Waals surface area contributed by atoms with E-state index in [1.54, 1.807) is 12.1 Å². The summed E-state index contributed by atoms with van der Waals surface area (Å²) in [4.78, 5) is 24.4. The van der Waals surface area contributed by atoms with Gasteiger partial charge in [-0.05, 0) is 50.5 Å². The van der Waals surface area contributed by atoms with Crippen LogP contribution in [0.4, 0.5) is 15.8 Å². The van der Waals surface area contributed by atoms with Gasteiger partial charge in [0.25, 0.3) is 5.69 Å². The molecule has 12 heteroatoms. The second kappa shape index (κ2) is 12.2. The number of halogens is 2. The zero-order chi connectivity index (χ0) is 30.8. The van der Waals surface area contributed by atoms with Crippen molar-refractivity contribution in [3.63, 3.8) is 0 Å². The molecular weight excluding hydrogens is 565 g/mol. The van der Waals surface area contributed by atoms with Crippen molar-refractivity contribution in [2.45, 2.75) is 70.8 Å². The molecule has 9 nitrogen and oxygen atoms in total. The van der Waals surface area contributed by atoms with E-state index in [9.17, 15) is 10.1 Å². The van der Waals surface area contributed by atoms with Crippen LogP contribution in [0.2, 0.25) is 23.3 Å². The van der Waals surface area contributed by atoms with Gasteiger partial charge >= 0.3 is 0 Å². The molecule has 0 amide bonds. The van der Waals surface area contributed by atoms with Crippen molar-refractivity contribution in [1.82, 2.24) is 15.0 Å². The zero-order valence-corrected chi connectivity index (χ0v) is 26.5. The highest BCUT2D eigenvalue weighted by Gasteiger charge is 2.43. The highest BCUT2D eigenvalue weighted by Crippen LogP contribution is 2.42. The van der Waals surface area contributed by atoms with Crippen LogP contribution in [-0.2, 0) is 10.0 Å². The Hall–Kier alpha value is -3.41. The number of methoxy groups -OCH3 is 1. The fourth-order valence-electron chi connectivity index (χ4n) is 4.19. The topological polar surface area (TPSA) is 112 Å². The van der Waals surface area contributed by atoms with E-state index in [1.165, 1.54) is 31.8 Å². The van der Waals surface area contributed by atoms with Gasteiger partial charge in [-0.2, -0.15) is 0 Å². The standard InChI is InChI=1S/C29H37ClFN5O4Si/c1-10-11-21(25-24(39-7)12-13-32-26(25)30)35-22-14-19(20(31)15-23(22)36(37)38)18-16-33-27(34-17-18)29(5,6)40-41(8,9)28(2,3)4/h10,12-17,21,35H,1,11H2,2-9H3. The number of nitro benzene ring substituents is 1. The normalized spacial score (nSPS) is 13.0. The van der Waals surface area contributed by atoms with Crippen LogP contribution in [-0.4, -0.2) is 35.3 Å². The molecule has 0 aliphatic rings. The van der Waals surface area contributed by atoms with Crippen LogP contribution in [0.3, 0.4) is 0 Å². The summed E-state index contributed by atoms with van der Waals surface area (Å²) in [7, 11) is -0.651. The first kappa shape index (κ1) is 32.1. The first-order chi connectivity index (χ1) is 19.0. The predicted molar refractivity (Wildman–Crippen MR) is 162 cm³/mol. The zero-order valence-electron chi connectivity index (χ0n) is 24.7. The molecule has 0 bridgehead atoms. The van der Waals surface area contributed by atoms with E-state index in [0.29, 0.717) is 29.1 Å². The fourth-order valence-corrected chi connectivity index (χ4v) is 6.15. The molecule has 220 valence electrons. The van der Waals surface area contributed by atoms with Gasteiger partial charge in [-0.1, -0.05) is 38.4 Å². The minimum absolute atomic E-state index is 0.0109. The average Bonchev–Trinajstić information content (AvgIpc) is 2.87. The van der Waals surface area contributed by atoms with Crippen molar-refractivity contribution in [3.05, 3.63) is 81.9 Å². The Morgan fingerprint density at radius 2 is 1.83 bits per heavy atom. The lowest BCUT2D eigenvalue weighted by atomic mass is 10.0. The summed E-state index contributed by atoms with van der Waals surface area (Å²) < 4.78 is 27.3. The number of hydrogen-bond donors (Lipinski definition) is 1. The number of nitro groups is 1. The number of rotatable bonds is 11. The van der Waals surface area contributed by atoms with E-state index in [2.05, 4.69) is 60.7 Å². The van der Waals surface area contributed by atoms with Crippen molar-refractivity contribution in [2.75, 3.05) is 12.4 Å². The van der Waals surface area contributed by atoms with Crippen LogP contribution in [0.5, 0.6) is 5.75 Å². The molecule has 0 aliphatic carbocycles. The van der Waals surface area contributed by atoms with E-state index in [-0.39, 0.29) is 21.4 Å². The first-order valence-electron chi connectivity index (χ1n) is 13.1. The Morgan fingerprint density at radius 1 is 1.20 bits per heavy atom. The number of benzene rings is 1. The van der Waals surface area contributed by atoms with Gasteiger partial charge in [0.2, 0.25) is 0 Å². The molecule has 0 spiro atoms. The first-order valence-corrected chi connectivity index (χ1v) is 16.4. The SMILES string of the molecule is C=CCC(Nc1cc(-c2cnc(C(C)(C)O[Si](C)(C)C(C)(C)C)nc2)c(F)cc1[N+](=O)[O-])c1c(OC)ccnc1Cl. The predicted octanol–water partition coefficient (Wildman–Crippen LogP) is 8.23. The number of nitrogens with zero attached hydrogens (tertiary/aromatic N) is 4. The second-order valence-electron chi connectivity index (χ2n) is 11.7. The molecule has 2 heterocycles. The average molecular weight is 602 g/mol. The summed E-state index contributed by atoms with van der Waals surface area (Å²) in [5.74, 6) is 0.115. The Morgan fingerprint density at radius 3 is 2.37 bits per heavy atom. The Balaban J connectivity index is 2.04. The molecule has 0 radical (unpaired) electrons. The lowest BCUT2D eigenvalue weighted by molar-refractivity contribution is -0.384. The van der Waals surface area contributed by atoms with Crippen LogP contribution in [0.1, 0.15) is 58.5 Å². The maximum absolute atomic E-state index is 15.3. The Bertz CT molecular complexity index is 1430. The maximum Gasteiger partial charge on any atom is 0.295 e. The molecule has 0 fully saturated rings. The molecule has 2 aromatic heterocycles. The second-order valence-corrected chi connectivity index (χ2v) is 16.8. The van der Waals surface area contributed by atoms with Gasteiger partial charge < -0.3 is 14.5 Å². The van der Waals surface area contributed by atoms with Crippen LogP contribution in [0.15, 0.2) is 49.4 Å². The van der Waals surface area contributed by atoms with Gasteiger partial charge in [-0.3, -0.25) is 10.1 Å². The molecule has 0 aliphatic heterocycles. The molecule has 1 N–H and O–H groups in total. The summed E-state index contributed by atoms with van der Waals surface area (Å²) in [6, 6.07) is 3.28. The highest BCUT2D eigenvalue weighted by molar-refractivity contribution is 6.74. The van der Waals surface area contributed by atoms with Crippen LogP contribution < -0.4 is 10.1 Å². The van der Waals surface area contributed by atoms with Crippen molar-refractivity contribution >= 4 is 31.3 Å². The largest absolute Gasteiger partial charge is 0.496 e. The molecule has 0 saturated heterocycles. The van der Waals surface area contributed by atoms with Gasteiger partial charge in [-0.25, -0.2) is 19.3 Å². The maximum atomic E-state index is 15.3. The van der Waals surface area contributed by atoms with E-state index in [0.717, 1.165) is 6.07 Å². The lowest BCUT2D eigenvalue weighted by Crippen LogP contribution is -2.46. The lowest BCUT2D eigenvalue weighted by Gasteiger charge is -2.42. The summed E-state index contributed by atoms with van der Waals surface area (Å²) >= 11 is 6.39. The monoisotopic (exact) mass is 601 g/mol. The van der Waals surface area contributed by atoms with E-state index in [4.69, 9.17) is 20.8 Å². The summed E-state index contributed by atoms with van der Waals surface area (Å²) in [5.41, 5.74) is -0.207. The number of anilines is 1. The van der Waals surface area contributed by atoms with Gasteiger partial charge in [0.15, 0.2) is 14.1 Å². The molecule has 1 atom stereocenters. The fraction of sp³-hybridized carbons (Fsp3) is 0.414. The molecule has 3 rings (SSSR count). The van der Waals surface area contributed by atoms with Crippen molar-refractivity contribution in [3.8, 4) is 16.9 Å². The van der Waals surface area contributed by atoms with E-state index in [1.807, 2.05) is 13.8 Å². The molecular formula is C29H37ClFN5O4Si. The van der Waals surface area contributed by atoms with Gasteiger partial charge in [0.05, 0.1) is 29.7 Å². The minimum atomic E-state index is -2.14. The van der Waals surface area contributed by atoms with Gasteiger partial charge in [-0.15, -0.1) is 6.58 Å². The molecule has 3 aromatic rings. The van der Waals surface area contributed by atoms with E-state index < -0.39 is 36.4 Å². The molecule has 1 unspecified atom stereocenters. The highest BCUT2D eigenvalue weighted by atomic mass is 35.5. The Labute approximate surface area is 246 Å². The molecule has 1 aromatic carbocycles. The van der Waals surface area contributed by atoms with Crippen molar-refractivity contribution < 1.29 is 18.5 Å². The van der Waals surface area contributed by atoms with Crippen LogP contribution >= 0.6 is 11.6 Å². The van der Waals surface area contributed by atoms with Crippen LogP contribution in [0, 0.1) is 15.9 Å². The summed E-state index contributed by atoms with van der Waals surface area (Å²) in [6.45, 7) is 18.4. The third-order valence-corrected chi connectivity index (χ3v) is 12.2. The van der Waals surface area contributed by atoms with Gasteiger partial charge in [0.1, 0.15) is 28.0 Å². The third-order valence-electron chi connectivity index (χ3n) is 7.30. The molecule has 41 heavy (non-hydrogen) atoms. The van der Waals surface area contributed by atoms with Gasteiger partial charge in [0, 0.05) is 29.7 Å².